The second kappa shape index (κ2) is 6.94. The third-order valence-corrected chi connectivity index (χ3v) is 3.34. The molecule has 0 radical (unpaired) electrons. The lowest BCUT2D eigenvalue weighted by molar-refractivity contribution is 0.386. The summed E-state index contributed by atoms with van der Waals surface area (Å²) < 4.78 is 0. The van der Waals surface area contributed by atoms with Crippen LogP contribution in [-0.4, -0.2) is 12.1 Å². The Balaban J connectivity index is 2.21. The van der Waals surface area contributed by atoms with Gasteiger partial charge in [-0.15, -0.1) is 0 Å². The highest BCUT2D eigenvalue weighted by molar-refractivity contribution is 5.21. The monoisotopic (exact) mass is 247 g/mol. The van der Waals surface area contributed by atoms with Gasteiger partial charge in [0.15, 0.2) is 0 Å². The van der Waals surface area contributed by atoms with Crippen LogP contribution in [0.15, 0.2) is 24.3 Å². The average molecular weight is 247 g/mol. The lowest BCUT2D eigenvalue weighted by Gasteiger charge is -2.22. The zero-order chi connectivity index (χ0) is 13.6. The van der Waals surface area contributed by atoms with E-state index in [1.165, 1.54) is 30.4 Å². The van der Waals surface area contributed by atoms with E-state index < -0.39 is 0 Å². The number of hydrogen-bond acceptors (Lipinski definition) is 1. The van der Waals surface area contributed by atoms with Gasteiger partial charge in [0.05, 0.1) is 0 Å². The molecule has 102 valence electrons. The topological polar surface area (TPSA) is 12.0 Å². The second-order valence-corrected chi connectivity index (χ2v) is 6.59. The van der Waals surface area contributed by atoms with Crippen molar-refractivity contribution in [3.05, 3.63) is 35.4 Å². The Labute approximate surface area is 113 Å². The number of hydrogen-bond donors (Lipinski definition) is 1. The Bertz CT molecular complexity index is 332. The van der Waals surface area contributed by atoms with Crippen LogP contribution < -0.4 is 5.32 Å². The van der Waals surface area contributed by atoms with Crippen molar-refractivity contribution in [2.24, 2.45) is 5.92 Å². The molecule has 1 aromatic rings. The summed E-state index contributed by atoms with van der Waals surface area (Å²) in [4.78, 5) is 0. The van der Waals surface area contributed by atoms with Crippen LogP contribution >= 0.6 is 0 Å². The fraction of sp³-hybridized carbons (Fsp3) is 0.647. The zero-order valence-corrected chi connectivity index (χ0v) is 12.7. The minimum Gasteiger partial charge on any atom is -0.312 e. The molecule has 0 saturated heterocycles. The number of aryl methyl sites for hydroxylation is 2. The van der Waals surface area contributed by atoms with E-state index in [4.69, 9.17) is 0 Å². The van der Waals surface area contributed by atoms with E-state index in [9.17, 15) is 0 Å². The fourth-order valence-electron chi connectivity index (χ4n) is 2.01. The van der Waals surface area contributed by atoms with Crippen molar-refractivity contribution < 1.29 is 0 Å². The molecule has 18 heavy (non-hydrogen) atoms. The smallest absolute Gasteiger partial charge is 0.00965 e. The normalized spacial score (nSPS) is 13.6. The van der Waals surface area contributed by atoms with Crippen molar-refractivity contribution in [3.63, 3.8) is 0 Å². The predicted molar refractivity (Wildman–Crippen MR) is 81.0 cm³/mol. The van der Waals surface area contributed by atoms with Crippen LogP contribution in [0.4, 0.5) is 0 Å². The van der Waals surface area contributed by atoms with Gasteiger partial charge < -0.3 is 5.32 Å². The maximum absolute atomic E-state index is 3.56. The molecular formula is C17H29N. The van der Waals surface area contributed by atoms with E-state index in [0.29, 0.717) is 0 Å². The van der Waals surface area contributed by atoms with Gasteiger partial charge in [-0.2, -0.15) is 0 Å². The predicted octanol–water partition coefficient (Wildman–Crippen LogP) is 4.34. The zero-order valence-electron chi connectivity index (χ0n) is 12.7. The lowest BCUT2D eigenvalue weighted by Crippen LogP contribution is -2.36. The minimum absolute atomic E-state index is 0.247. The molecule has 0 aliphatic rings. The molecule has 1 unspecified atom stereocenters. The van der Waals surface area contributed by atoms with Crippen LogP contribution in [-0.2, 0) is 6.42 Å². The first-order valence-electron chi connectivity index (χ1n) is 7.17. The number of nitrogens with one attached hydrogen (secondary N) is 1. The molecular weight excluding hydrogens is 218 g/mol. The molecule has 1 aromatic carbocycles. The van der Waals surface area contributed by atoms with Gasteiger partial charge in [-0.05, 0) is 65.0 Å². The number of benzene rings is 1. The van der Waals surface area contributed by atoms with E-state index in [1.807, 2.05) is 0 Å². The van der Waals surface area contributed by atoms with Crippen molar-refractivity contribution >= 4 is 0 Å². The van der Waals surface area contributed by atoms with E-state index in [2.05, 4.69) is 64.2 Å². The molecule has 1 nitrogen and oxygen atoms in total. The van der Waals surface area contributed by atoms with Crippen molar-refractivity contribution in [1.82, 2.24) is 5.32 Å². The Hall–Kier alpha value is -0.820. The largest absolute Gasteiger partial charge is 0.312 e. The van der Waals surface area contributed by atoms with Crippen molar-refractivity contribution in [3.8, 4) is 0 Å². The van der Waals surface area contributed by atoms with Crippen LogP contribution in [0, 0.1) is 12.8 Å². The number of rotatable bonds is 6. The summed E-state index contributed by atoms with van der Waals surface area (Å²) in [6, 6.07) is 8.94. The summed E-state index contributed by atoms with van der Waals surface area (Å²) in [6.07, 6.45) is 3.76. The standard InChI is InChI=1S/C17H29N/c1-14-6-9-16(10-7-14)11-8-15(2)12-13-18-17(3,4)5/h6-7,9-10,15,18H,8,11-13H2,1-5H3. The molecule has 0 saturated carbocycles. The van der Waals surface area contributed by atoms with E-state index in [1.54, 1.807) is 0 Å². The van der Waals surface area contributed by atoms with Crippen molar-refractivity contribution in [2.75, 3.05) is 6.54 Å². The third kappa shape index (κ3) is 6.80. The molecule has 0 aliphatic heterocycles. The fourth-order valence-corrected chi connectivity index (χ4v) is 2.01. The van der Waals surface area contributed by atoms with Gasteiger partial charge in [-0.3, -0.25) is 0 Å². The minimum atomic E-state index is 0.247. The maximum Gasteiger partial charge on any atom is 0.00965 e. The van der Waals surface area contributed by atoms with Gasteiger partial charge in [0.1, 0.15) is 0 Å². The van der Waals surface area contributed by atoms with Gasteiger partial charge in [0.2, 0.25) is 0 Å². The molecule has 0 fully saturated rings. The lowest BCUT2D eigenvalue weighted by atomic mass is 9.97. The molecule has 0 bridgehead atoms. The van der Waals surface area contributed by atoms with Gasteiger partial charge in [-0.1, -0.05) is 36.8 Å². The molecule has 0 spiro atoms. The Morgan fingerprint density at radius 3 is 2.22 bits per heavy atom. The summed E-state index contributed by atoms with van der Waals surface area (Å²) in [5, 5.41) is 3.56. The van der Waals surface area contributed by atoms with Gasteiger partial charge in [-0.25, -0.2) is 0 Å². The van der Waals surface area contributed by atoms with Crippen LogP contribution in [0.5, 0.6) is 0 Å². The summed E-state index contributed by atoms with van der Waals surface area (Å²) in [5.74, 6) is 0.793. The molecule has 1 atom stereocenters. The van der Waals surface area contributed by atoms with E-state index >= 15 is 0 Å². The van der Waals surface area contributed by atoms with E-state index in [-0.39, 0.29) is 5.54 Å². The Morgan fingerprint density at radius 2 is 1.67 bits per heavy atom. The quantitative estimate of drug-likeness (QED) is 0.788. The molecule has 1 rings (SSSR count). The first-order chi connectivity index (χ1) is 8.37. The summed E-state index contributed by atoms with van der Waals surface area (Å²) in [5.41, 5.74) is 3.06. The van der Waals surface area contributed by atoms with Crippen LogP contribution in [0.1, 0.15) is 51.7 Å². The maximum atomic E-state index is 3.56. The summed E-state index contributed by atoms with van der Waals surface area (Å²) >= 11 is 0. The summed E-state index contributed by atoms with van der Waals surface area (Å²) in [6.45, 7) is 12.3. The van der Waals surface area contributed by atoms with Crippen molar-refractivity contribution in [2.45, 2.75) is 59.4 Å². The van der Waals surface area contributed by atoms with Crippen molar-refractivity contribution in [1.29, 1.82) is 0 Å². The highest BCUT2D eigenvalue weighted by Gasteiger charge is 2.09. The highest BCUT2D eigenvalue weighted by Crippen LogP contribution is 2.13. The van der Waals surface area contributed by atoms with Gasteiger partial charge in [0, 0.05) is 5.54 Å². The molecule has 0 heterocycles. The first-order valence-corrected chi connectivity index (χ1v) is 7.17. The van der Waals surface area contributed by atoms with Crippen LogP contribution in [0.25, 0.3) is 0 Å². The third-order valence-electron chi connectivity index (χ3n) is 3.34. The molecule has 0 amide bonds. The molecule has 1 heteroatoms. The Kier molecular flexibility index (Phi) is 5.87. The molecule has 1 N–H and O–H groups in total. The average Bonchev–Trinajstić information content (AvgIpc) is 2.26. The van der Waals surface area contributed by atoms with Crippen LogP contribution in [0.2, 0.25) is 0 Å². The molecule has 0 aliphatic carbocycles. The SMILES string of the molecule is Cc1ccc(CCC(C)CCNC(C)(C)C)cc1. The van der Waals surface area contributed by atoms with E-state index in [0.717, 1.165) is 12.5 Å². The first kappa shape index (κ1) is 15.2. The summed E-state index contributed by atoms with van der Waals surface area (Å²) in [7, 11) is 0. The van der Waals surface area contributed by atoms with Gasteiger partial charge >= 0.3 is 0 Å². The molecule has 0 aromatic heterocycles. The Morgan fingerprint density at radius 1 is 1.06 bits per heavy atom. The highest BCUT2D eigenvalue weighted by atomic mass is 14.9. The van der Waals surface area contributed by atoms with Gasteiger partial charge in [0.25, 0.3) is 0 Å². The van der Waals surface area contributed by atoms with Crippen LogP contribution in [0.3, 0.4) is 0 Å². The second-order valence-electron chi connectivity index (χ2n) is 6.59.